The Labute approximate surface area is 165 Å². The van der Waals surface area contributed by atoms with Crippen LogP contribution in [0.25, 0.3) is 0 Å². The van der Waals surface area contributed by atoms with E-state index in [9.17, 15) is 4.79 Å². The van der Waals surface area contributed by atoms with Gasteiger partial charge in [0.15, 0.2) is 11.5 Å². The number of ether oxygens (including phenoxy) is 1. The van der Waals surface area contributed by atoms with Crippen molar-refractivity contribution in [3.8, 4) is 5.75 Å². The number of aromatic nitrogens is 2. The lowest BCUT2D eigenvalue weighted by atomic mass is 10.1. The van der Waals surface area contributed by atoms with Gasteiger partial charge in [-0.2, -0.15) is 0 Å². The van der Waals surface area contributed by atoms with E-state index in [1.807, 2.05) is 68.4 Å². The van der Waals surface area contributed by atoms with E-state index in [2.05, 4.69) is 15.5 Å². The fourth-order valence-electron chi connectivity index (χ4n) is 2.75. The van der Waals surface area contributed by atoms with Crippen LogP contribution in [0.4, 0.5) is 11.5 Å². The number of hydrogen-bond acceptors (Lipinski definition) is 5. The third-order valence-corrected chi connectivity index (χ3v) is 4.33. The monoisotopic (exact) mass is 376 g/mol. The number of hydrogen-bond donors (Lipinski definition) is 1. The smallest absolute Gasteiger partial charge is 0.274 e. The molecular weight excluding hydrogens is 352 g/mol. The average Bonchev–Trinajstić information content (AvgIpc) is 2.73. The number of carbonyl (C=O) groups is 1. The molecule has 1 N–H and O–H groups in total. The van der Waals surface area contributed by atoms with Crippen LogP contribution in [-0.4, -0.2) is 34.2 Å². The van der Waals surface area contributed by atoms with Gasteiger partial charge in [0, 0.05) is 18.3 Å². The van der Waals surface area contributed by atoms with E-state index in [0.29, 0.717) is 18.1 Å². The molecule has 1 aromatic heterocycles. The first kappa shape index (κ1) is 19.4. The van der Waals surface area contributed by atoms with Crippen LogP contribution in [0.2, 0.25) is 0 Å². The van der Waals surface area contributed by atoms with Gasteiger partial charge in [0.1, 0.15) is 5.75 Å². The highest BCUT2D eigenvalue weighted by atomic mass is 16.5. The lowest BCUT2D eigenvalue weighted by Gasteiger charge is -2.26. The summed E-state index contributed by atoms with van der Waals surface area (Å²) in [7, 11) is 1.63. The van der Waals surface area contributed by atoms with Crippen LogP contribution in [0.3, 0.4) is 0 Å². The molecule has 0 saturated heterocycles. The SMILES string of the molecule is COc1ccc(Nc2ccc(C(=O)N(Cc3ccccc3)C(C)C)nn2)cc1. The molecule has 0 atom stereocenters. The highest BCUT2D eigenvalue weighted by Gasteiger charge is 2.20. The van der Waals surface area contributed by atoms with Gasteiger partial charge in [0.25, 0.3) is 5.91 Å². The van der Waals surface area contributed by atoms with Crippen LogP contribution in [0.15, 0.2) is 66.7 Å². The molecule has 3 rings (SSSR count). The van der Waals surface area contributed by atoms with Crippen molar-refractivity contribution in [2.75, 3.05) is 12.4 Å². The Morgan fingerprint density at radius 1 is 1.00 bits per heavy atom. The van der Waals surface area contributed by atoms with E-state index < -0.39 is 0 Å². The summed E-state index contributed by atoms with van der Waals surface area (Å²) >= 11 is 0. The third kappa shape index (κ3) is 4.85. The summed E-state index contributed by atoms with van der Waals surface area (Å²) in [5, 5.41) is 11.4. The summed E-state index contributed by atoms with van der Waals surface area (Å²) in [6.45, 7) is 4.52. The van der Waals surface area contributed by atoms with Crippen molar-refractivity contribution in [2.45, 2.75) is 26.4 Å². The highest BCUT2D eigenvalue weighted by Crippen LogP contribution is 2.19. The standard InChI is InChI=1S/C22H24N4O2/c1-16(2)26(15-17-7-5-4-6-8-17)22(27)20-13-14-21(25-24-20)23-18-9-11-19(28-3)12-10-18/h4-14,16H,15H2,1-3H3,(H,23,25). The van der Waals surface area contributed by atoms with E-state index in [4.69, 9.17) is 4.74 Å². The van der Waals surface area contributed by atoms with Crippen molar-refractivity contribution in [1.82, 2.24) is 15.1 Å². The van der Waals surface area contributed by atoms with Crippen molar-refractivity contribution in [3.63, 3.8) is 0 Å². The second kappa shape index (κ2) is 8.99. The fraction of sp³-hybridized carbons (Fsp3) is 0.227. The predicted molar refractivity (Wildman–Crippen MR) is 110 cm³/mol. The van der Waals surface area contributed by atoms with Crippen LogP contribution in [-0.2, 0) is 6.54 Å². The molecule has 144 valence electrons. The third-order valence-electron chi connectivity index (χ3n) is 4.33. The van der Waals surface area contributed by atoms with Crippen LogP contribution in [0, 0.1) is 0 Å². The Bertz CT molecular complexity index is 894. The average molecular weight is 376 g/mol. The molecule has 0 spiro atoms. The molecule has 0 aliphatic heterocycles. The van der Waals surface area contributed by atoms with Crippen LogP contribution in [0.5, 0.6) is 5.75 Å². The summed E-state index contributed by atoms with van der Waals surface area (Å²) in [5.41, 5.74) is 2.27. The largest absolute Gasteiger partial charge is 0.497 e. The summed E-state index contributed by atoms with van der Waals surface area (Å²) in [5.74, 6) is 1.22. The molecular formula is C22H24N4O2. The number of amides is 1. The molecule has 0 bridgehead atoms. The summed E-state index contributed by atoms with van der Waals surface area (Å²) < 4.78 is 5.15. The molecule has 28 heavy (non-hydrogen) atoms. The summed E-state index contributed by atoms with van der Waals surface area (Å²) in [6, 6.07) is 20.9. The second-order valence-electron chi connectivity index (χ2n) is 6.67. The molecule has 3 aromatic rings. The maximum Gasteiger partial charge on any atom is 0.274 e. The Balaban J connectivity index is 1.70. The normalized spacial score (nSPS) is 10.6. The van der Waals surface area contributed by atoms with Gasteiger partial charge >= 0.3 is 0 Å². The van der Waals surface area contributed by atoms with Gasteiger partial charge in [0.05, 0.1) is 7.11 Å². The van der Waals surface area contributed by atoms with Gasteiger partial charge < -0.3 is 15.0 Å². The Morgan fingerprint density at radius 3 is 2.29 bits per heavy atom. The van der Waals surface area contributed by atoms with Gasteiger partial charge in [-0.15, -0.1) is 10.2 Å². The topological polar surface area (TPSA) is 67.3 Å². The van der Waals surface area contributed by atoms with Crippen molar-refractivity contribution in [1.29, 1.82) is 0 Å². The molecule has 0 aliphatic rings. The van der Waals surface area contributed by atoms with Gasteiger partial charge in [-0.25, -0.2) is 0 Å². The minimum absolute atomic E-state index is 0.0478. The van der Waals surface area contributed by atoms with Crippen LogP contribution < -0.4 is 10.1 Å². The lowest BCUT2D eigenvalue weighted by Crippen LogP contribution is -2.37. The fourth-order valence-corrected chi connectivity index (χ4v) is 2.75. The van der Waals surface area contributed by atoms with Crippen molar-refractivity contribution in [3.05, 3.63) is 78.0 Å². The molecule has 6 heteroatoms. The molecule has 0 fully saturated rings. The molecule has 2 aromatic carbocycles. The lowest BCUT2D eigenvalue weighted by molar-refractivity contribution is 0.0683. The van der Waals surface area contributed by atoms with E-state index in [1.54, 1.807) is 24.1 Å². The van der Waals surface area contributed by atoms with Gasteiger partial charge in [-0.1, -0.05) is 30.3 Å². The van der Waals surface area contributed by atoms with E-state index >= 15 is 0 Å². The molecule has 0 saturated carbocycles. The number of rotatable bonds is 7. The minimum atomic E-state index is -0.137. The Morgan fingerprint density at radius 2 is 1.71 bits per heavy atom. The zero-order chi connectivity index (χ0) is 19.9. The van der Waals surface area contributed by atoms with Crippen LogP contribution >= 0.6 is 0 Å². The summed E-state index contributed by atoms with van der Waals surface area (Å²) in [4.78, 5) is 14.7. The highest BCUT2D eigenvalue weighted by molar-refractivity contribution is 5.92. The number of methoxy groups -OCH3 is 1. The zero-order valence-corrected chi connectivity index (χ0v) is 16.3. The quantitative estimate of drug-likeness (QED) is 0.667. The number of nitrogens with zero attached hydrogens (tertiary/aromatic N) is 3. The van der Waals surface area contributed by atoms with Crippen molar-refractivity contribution in [2.24, 2.45) is 0 Å². The summed E-state index contributed by atoms with van der Waals surface area (Å²) in [6.07, 6.45) is 0. The van der Waals surface area contributed by atoms with Crippen molar-refractivity contribution >= 4 is 17.4 Å². The zero-order valence-electron chi connectivity index (χ0n) is 16.3. The van der Waals surface area contributed by atoms with E-state index in [0.717, 1.165) is 17.0 Å². The first-order chi connectivity index (χ1) is 13.6. The Hall–Kier alpha value is -3.41. The number of carbonyl (C=O) groups excluding carboxylic acids is 1. The maximum absolute atomic E-state index is 12.9. The van der Waals surface area contributed by atoms with E-state index in [-0.39, 0.29) is 11.9 Å². The van der Waals surface area contributed by atoms with E-state index in [1.165, 1.54) is 0 Å². The molecule has 6 nitrogen and oxygen atoms in total. The van der Waals surface area contributed by atoms with Gasteiger partial charge in [0.2, 0.25) is 0 Å². The minimum Gasteiger partial charge on any atom is -0.497 e. The molecule has 0 radical (unpaired) electrons. The Kier molecular flexibility index (Phi) is 6.22. The number of nitrogens with one attached hydrogen (secondary N) is 1. The van der Waals surface area contributed by atoms with Gasteiger partial charge in [-0.3, -0.25) is 4.79 Å². The molecule has 1 amide bonds. The first-order valence-corrected chi connectivity index (χ1v) is 9.16. The van der Waals surface area contributed by atoms with Gasteiger partial charge in [-0.05, 0) is 55.8 Å². The number of anilines is 2. The molecule has 0 unspecified atom stereocenters. The first-order valence-electron chi connectivity index (χ1n) is 9.16. The van der Waals surface area contributed by atoms with Crippen molar-refractivity contribution < 1.29 is 9.53 Å². The second-order valence-corrected chi connectivity index (χ2v) is 6.67. The number of benzene rings is 2. The van der Waals surface area contributed by atoms with Crippen LogP contribution in [0.1, 0.15) is 29.9 Å². The maximum atomic E-state index is 12.9. The molecule has 1 heterocycles. The molecule has 0 aliphatic carbocycles. The predicted octanol–water partition coefficient (Wildman–Crippen LogP) is 4.28.